The predicted octanol–water partition coefficient (Wildman–Crippen LogP) is 5.18. The predicted molar refractivity (Wildman–Crippen MR) is 118 cm³/mol. The van der Waals surface area contributed by atoms with Gasteiger partial charge in [-0.05, 0) is 59.2 Å². The fourth-order valence-corrected chi connectivity index (χ4v) is 4.53. The molecule has 0 radical (unpaired) electrons. The number of nitrogens with one attached hydrogen (secondary N) is 1. The molecule has 0 saturated carbocycles. The first kappa shape index (κ1) is 21.3. The lowest BCUT2D eigenvalue weighted by molar-refractivity contribution is 0.0943. The summed E-state index contributed by atoms with van der Waals surface area (Å²) in [6, 6.07) is 18.1. The molecule has 4 nitrogen and oxygen atoms in total. The summed E-state index contributed by atoms with van der Waals surface area (Å²) < 4.78 is 23.3. The van der Waals surface area contributed by atoms with Crippen LogP contribution in [0, 0.1) is 0 Å². The number of carbonyl (C=O) groups excluding carboxylic acids is 1. The van der Waals surface area contributed by atoms with Crippen LogP contribution >= 0.6 is 11.3 Å². The summed E-state index contributed by atoms with van der Waals surface area (Å²) in [7, 11) is -3.29. The van der Waals surface area contributed by atoms with Gasteiger partial charge in [0, 0.05) is 16.7 Å². The molecule has 0 aliphatic rings. The summed E-state index contributed by atoms with van der Waals surface area (Å²) in [5.41, 5.74) is 2.72. The van der Waals surface area contributed by atoms with Crippen LogP contribution in [-0.2, 0) is 9.84 Å². The van der Waals surface area contributed by atoms with Crippen LogP contribution < -0.4 is 5.32 Å². The lowest BCUT2D eigenvalue weighted by Gasteiger charge is -2.19. The monoisotopic (exact) mass is 427 g/mol. The fourth-order valence-electron chi connectivity index (χ4n) is 3.09. The lowest BCUT2D eigenvalue weighted by Crippen LogP contribution is -2.28. The largest absolute Gasteiger partial charge is 0.340 e. The molecule has 2 unspecified atom stereocenters. The maximum atomic E-state index is 12.9. The first-order valence-electron chi connectivity index (χ1n) is 9.54. The molecule has 0 fully saturated rings. The van der Waals surface area contributed by atoms with E-state index in [1.807, 2.05) is 17.5 Å². The van der Waals surface area contributed by atoms with E-state index in [1.165, 1.54) is 17.7 Å². The summed E-state index contributed by atoms with van der Waals surface area (Å²) in [5, 5.41) is 5.08. The average Bonchev–Trinajstić information content (AvgIpc) is 3.25. The van der Waals surface area contributed by atoms with Crippen LogP contribution in [0.4, 0.5) is 0 Å². The normalized spacial score (nSPS) is 13.6. The van der Waals surface area contributed by atoms with Crippen LogP contribution in [0.2, 0.25) is 0 Å². The molecule has 0 saturated heterocycles. The van der Waals surface area contributed by atoms with E-state index in [4.69, 9.17) is 0 Å². The Morgan fingerprint density at radius 2 is 1.62 bits per heavy atom. The van der Waals surface area contributed by atoms with E-state index in [-0.39, 0.29) is 16.8 Å². The van der Waals surface area contributed by atoms with Crippen LogP contribution in [-0.4, -0.2) is 20.6 Å². The van der Waals surface area contributed by atoms with Crippen molar-refractivity contribution in [2.45, 2.75) is 37.1 Å². The zero-order valence-electron chi connectivity index (χ0n) is 16.8. The van der Waals surface area contributed by atoms with Gasteiger partial charge >= 0.3 is 0 Å². The van der Waals surface area contributed by atoms with E-state index < -0.39 is 9.84 Å². The van der Waals surface area contributed by atoms with Gasteiger partial charge in [0.1, 0.15) is 0 Å². The molecule has 1 N–H and O–H groups in total. The first-order valence-corrected chi connectivity index (χ1v) is 12.3. The molecule has 1 amide bonds. The maximum absolute atomic E-state index is 12.9. The van der Waals surface area contributed by atoms with Crippen LogP contribution in [0.3, 0.4) is 0 Å². The third-order valence-corrected chi connectivity index (χ3v) is 7.16. The number of benzene rings is 2. The standard InChI is InChI=1S/C23H25NO3S2/c1-4-16(2)17-7-9-18(10-8-17)22(21-6-5-15-28-21)24-23(25)19-11-13-20(14-12-19)29(3,26)27/h5-16,22H,4H2,1-3H3,(H,24,25). The molecule has 6 heteroatoms. The molecule has 2 atom stereocenters. The Hall–Kier alpha value is -2.44. The molecule has 29 heavy (non-hydrogen) atoms. The van der Waals surface area contributed by atoms with Gasteiger partial charge in [-0.3, -0.25) is 4.79 Å². The second-order valence-corrected chi connectivity index (χ2v) is 10.2. The molecular weight excluding hydrogens is 402 g/mol. The van der Waals surface area contributed by atoms with E-state index in [9.17, 15) is 13.2 Å². The Bertz CT molecular complexity index is 1050. The van der Waals surface area contributed by atoms with Crippen LogP contribution in [0.25, 0.3) is 0 Å². The SMILES string of the molecule is CCC(C)c1ccc(C(NC(=O)c2ccc(S(C)(=O)=O)cc2)c2cccs2)cc1. The van der Waals surface area contributed by atoms with Crippen LogP contribution in [0.15, 0.2) is 70.9 Å². The van der Waals surface area contributed by atoms with Gasteiger partial charge in [0.05, 0.1) is 10.9 Å². The van der Waals surface area contributed by atoms with E-state index in [2.05, 4.69) is 43.4 Å². The highest BCUT2D eigenvalue weighted by Gasteiger charge is 2.19. The fraction of sp³-hybridized carbons (Fsp3) is 0.261. The summed E-state index contributed by atoms with van der Waals surface area (Å²) in [4.78, 5) is 14.1. The van der Waals surface area contributed by atoms with E-state index in [1.54, 1.807) is 23.5 Å². The van der Waals surface area contributed by atoms with Crippen molar-refractivity contribution < 1.29 is 13.2 Å². The Kier molecular flexibility index (Phi) is 6.55. The molecule has 0 spiro atoms. The van der Waals surface area contributed by atoms with Crippen molar-refractivity contribution >= 4 is 27.1 Å². The Labute approximate surface area is 176 Å². The van der Waals surface area contributed by atoms with Crippen molar-refractivity contribution in [3.8, 4) is 0 Å². The van der Waals surface area contributed by atoms with Gasteiger partial charge in [-0.15, -0.1) is 11.3 Å². The molecule has 1 aromatic heterocycles. The number of carbonyl (C=O) groups is 1. The second-order valence-electron chi connectivity index (χ2n) is 7.19. The second kappa shape index (κ2) is 8.93. The number of hydrogen-bond acceptors (Lipinski definition) is 4. The van der Waals surface area contributed by atoms with Gasteiger partial charge in [-0.25, -0.2) is 8.42 Å². The number of rotatable bonds is 7. The summed E-state index contributed by atoms with van der Waals surface area (Å²) in [5.74, 6) is 0.252. The summed E-state index contributed by atoms with van der Waals surface area (Å²) in [6.07, 6.45) is 2.23. The molecule has 1 heterocycles. The van der Waals surface area contributed by atoms with Gasteiger partial charge in [0.15, 0.2) is 9.84 Å². The molecule has 2 aromatic carbocycles. The van der Waals surface area contributed by atoms with E-state index in [0.717, 1.165) is 23.1 Å². The number of hydrogen-bond donors (Lipinski definition) is 1. The van der Waals surface area contributed by atoms with Crippen molar-refractivity contribution in [3.05, 3.63) is 87.6 Å². The number of thiophene rings is 1. The summed E-state index contributed by atoms with van der Waals surface area (Å²) in [6.45, 7) is 4.37. The zero-order valence-corrected chi connectivity index (χ0v) is 18.4. The lowest BCUT2D eigenvalue weighted by atomic mass is 9.95. The highest BCUT2D eigenvalue weighted by molar-refractivity contribution is 7.90. The number of amides is 1. The van der Waals surface area contributed by atoms with Crippen LogP contribution in [0.5, 0.6) is 0 Å². The minimum Gasteiger partial charge on any atom is -0.340 e. The minimum atomic E-state index is -3.29. The Balaban J connectivity index is 1.86. The number of sulfone groups is 1. The molecule has 0 aliphatic heterocycles. The zero-order chi connectivity index (χ0) is 21.0. The highest BCUT2D eigenvalue weighted by Crippen LogP contribution is 2.28. The smallest absolute Gasteiger partial charge is 0.252 e. The molecule has 3 aromatic rings. The van der Waals surface area contributed by atoms with E-state index in [0.29, 0.717) is 11.5 Å². The van der Waals surface area contributed by atoms with Gasteiger partial charge in [0.2, 0.25) is 0 Å². The average molecular weight is 428 g/mol. The molecule has 0 bridgehead atoms. The summed E-state index contributed by atoms with van der Waals surface area (Å²) >= 11 is 1.59. The van der Waals surface area contributed by atoms with Crippen molar-refractivity contribution in [3.63, 3.8) is 0 Å². The van der Waals surface area contributed by atoms with Gasteiger partial charge in [-0.2, -0.15) is 0 Å². The molecule has 3 rings (SSSR count). The van der Waals surface area contributed by atoms with Crippen molar-refractivity contribution in [1.82, 2.24) is 5.32 Å². The first-order chi connectivity index (χ1) is 13.8. The van der Waals surface area contributed by atoms with Gasteiger partial charge in [0.25, 0.3) is 5.91 Å². The molecule has 152 valence electrons. The van der Waals surface area contributed by atoms with Crippen molar-refractivity contribution in [1.29, 1.82) is 0 Å². The quantitative estimate of drug-likeness (QED) is 0.565. The third-order valence-electron chi connectivity index (χ3n) is 5.10. The van der Waals surface area contributed by atoms with Gasteiger partial charge in [-0.1, -0.05) is 44.2 Å². The van der Waals surface area contributed by atoms with Crippen LogP contribution in [0.1, 0.15) is 58.6 Å². The third kappa shape index (κ3) is 5.14. The Morgan fingerprint density at radius 1 is 1.00 bits per heavy atom. The topological polar surface area (TPSA) is 63.2 Å². The molecular formula is C23H25NO3S2. The van der Waals surface area contributed by atoms with E-state index >= 15 is 0 Å². The van der Waals surface area contributed by atoms with Crippen molar-refractivity contribution in [2.24, 2.45) is 0 Å². The van der Waals surface area contributed by atoms with Gasteiger partial charge < -0.3 is 5.32 Å². The maximum Gasteiger partial charge on any atom is 0.252 e. The minimum absolute atomic E-state index is 0.199. The molecule has 0 aliphatic carbocycles. The Morgan fingerprint density at radius 3 is 2.14 bits per heavy atom. The van der Waals surface area contributed by atoms with Crippen molar-refractivity contribution in [2.75, 3.05) is 6.26 Å². The highest BCUT2D eigenvalue weighted by atomic mass is 32.2.